The van der Waals surface area contributed by atoms with E-state index in [9.17, 15) is 9.59 Å². The highest BCUT2D eigenvalue weighted by atomic mass is 16.6. The molecule has 2 N–H and O–H groups in total. The number of aryl methyl sites for hydroxylation is 1. The molecule has 212 valence electrons. The van der Waals surface area contributed by atoms with Crippen LogP contribution in [0, 0.1) is 6.92 Å². The number of carbonyl (C=O) groups excluding carboxylic acids is 2. The third kappa shape index (κ3) is 9.39. The van der Waals surface area contributed by atoms with Crippen molar-refractivity contribution in [1.29, 1.82) is 0 Å². The van der Waals surface area contributed by atoms with E-state index in [-0.39, 0.29) is 5.91 Å². The largest absolute Gasteiger partial charge is 0.492 e. The summed E-state index contributed by atoms with van der Waals surface area (Å²) in [6, 6.07) is 24.7. The summed E-state index contributed by atoms with van der Waals surface area (Å²) in [5, 5.41) is 6.52. The fourth-order valence-electron chi connectivity index (χ4n) is 3.89. The Morgan fingerprint density at radius 3 is 2.49 bits per heavy atom. The number of pyridine rings is 1. The Kier molecular flexibility index (Phi) is 9.58. The number of benzene rings is 3. The van der Waals surface area contributed by atoms with E-state index >= 15 is 0 Å². The molecule has 1 aromatic heterocycles. The monoisotopic (exact) mass is 553 g/mol. The lowest BCUT2D eigenvalue weighted by Gasteiger charge is -2.19. The molecule has 0 radical (unpaired) electrons. The van der Waals surface area contributed by atoms with E-state index in [1.807, 2.05) is 61.5 Å². The van der Waals surface area contributed by atoms with Crippen molar-refractivity contribution in [1.82, 2.24) is 10.3 Å². The average molecular weight is 554 g/mol. The fourth-order valence-corrected chi connectivity index (χ4v) is 3.89. The van der Waals surface area contributed by atoms with Crippen LogP contribution in [0.4, 0.5) is 10.5 Å². The molecule has 8 nitrogen and oxygen atoms in total. The first-order valence-electron chi connectivity index (χ1n) is 13.4. The molecule has 0 atom stereocenters. The van der Waals surface area contributed by atoms with Crippen LogP contribution in [0.25, 0.3) is 17.0 Å². The van der Waals surface area contributed by atoms with Crippen LogP contribution >= 0.6 is 0 Å². The van der Waals surface area contributed by atoms with E-state index in [0.717, 1.165) is 33.5 Å². The Balaban J connectivity index is 1.19. The Bertz CT molecular complexity index is 1520. The summed E-state index contributed by atoms with van der Waals surface area (Å²) in [5.74, 6) is 1.20. The number of amides is 2. The van der Waals surface area contributed by atoms with Crippen LogP contribution in [0.1, 0.15) is 37.6 Å². The summed E-state index contributed by atoms with van der Waals surface area (Å²) in [5.41, 5.74) is 3.60. The van der Waals surface area contributed by atoms with Crippen LogP contribution in [0.5, 0.6) is 11.5 Å². The molecule has 2 amide bonds. The molecule has 8 heteroatoms. The molecule has 0 saturated carbocycles. The predicted molar refractivity (Wildman–Crippen MR) is 161 cm³/mol. The van der Waals surface area contributed by atoms with Crippen LogP contribution < -0.4 is 20.1 Å². The van der Waals surface area contributed by atoms with Gasteiger partial charge in [-0.1, -0.05) is 42.5 Å². The van der Waals surface area contributed by atoms with E-state index in [1.54, 1.807) is 51.1 Å². The van der Waals surface area contributed by atoms with Crippen LogP contribution in [-0.2, 0) is 16.1 Å². The number of carbonyl (C=O) groups is 2. The van der Waals surface area contributed by atoms with Gasteiger partial charge in [0.25, 0.3) is 0 Å². The highest BCUT2D eigenvalue weighted by Gasteiger charge is 2.16. The smallest absolute Gasteiger partial charge is 0.412 e. The Morgan fingerprint density at radius 1 is 0.927 bits per heavy atom. The van der Waals surface area contributed by atoms with E-state index in [2.05, 4.69) is 15.6 Å². The van der Waals surface area contributed by atoms with Crippen molar-refractivity contribution < 1.29 is 23.8 Å². The Labute approximate surface area is 240 Å². The molecule has 0 saturated heterocycles. The first kappa shape index (κ1) is 29.1. The number of nitrogens with one attached hydrogen (secondary N) is 2. The minimum Gasteiger partial charge on any atom is -0.492 e. The molecule has 4 aromatic rings. The number of para-hydroxylation sites is 1. The summed E-state index contributed by atoms with van der Waals surface area (Å²) < 4.78 is 17.1. The molecule has 1 heterocycles. The van der Waals surface area contributed by atoms with Gasteiger partial charge in [0.15, 0.2) is 0 Å². The number of hydrogen-bond donors (Lipinski definition) is 2. The number of ether oxygens (including phenoxy) is 3. The zero-order chi connectivity index (χ0) is 29.2. The van der Waals surface area contributed by atoms with E-state index < -0.39 is 11.7 Å². The Hall–Kier alpha value is -4.85. The maximum absolute atomic E-state index is 12.2. The first-order valence-corrected chi connectivity index (χ1v) is 13.4. The molecule has 0 aliphatic rings. The van der Waals surface area contributed by atoms with Crippen molar-refractivity contribution in [3.8, 4) is 11.5 Å². The van der Waals surface area contributed by atoms with Gasteiger partial charge in [0, 0.05) is 22.8 Å². The summed E-state index contributed by atoms with van der Waals surface area (Å²) >= 11 is 0. The molecule has 0 fully saturated rings. The minimum absolute atomic E-state index is 0.231. The summed E-state index contributed by atoms with van der Waals surface area (Å²) in [6.07, 6.45) is 2.64. The zero-order valence-corrected chi connectivity index (χ0v) is 23.8. The van der Waals surface area contributed by atoms with Gasteiger partial charge in [-0.25, -0.2) is 9.78 Å². The zero-order valence-electron chi connectivity index (χ0n) is 23.8. The highest BCUT2D eigenvalue weighted by Crippen LogP contribution is 2.25. The van der Waals surface area contributed by atoms with Crippen molar-refractivity contribution in [2.75, 3.05) is 18.5 Å². The molecule has 0 spiro atoms. The lowest BCUT2D eigenvalue weighted by Crippen LogP contribution is -2.27. The maximum Gasteiger partial charge on any atom is 0.412 e. The summed E-state index contributed by atoms with van der Waals surface area (Å²) in [4.78, 5) is 28.7. The van der Waals surface area contributed by atoms with E-state index in [1.165, 1.54) is 6.08 Å². The van der Waals surface area contributed by atoms with Gasteiger partial charge in [0.05, 0.1) is 6.54 Å². The van der Waals surface area contributed by atoms with Crippen LogP contribution in [0.2, 0.25) is 0 Å². The third-order valence-corrected chi connectivity index (χ3v) is 5.77. The minimum atomic E-state index is -0.569. The predicted octanol–water partition coefficient (Wildman–Crippen LogP) is 6.68. The fraction of sp³-hybridized carbons (Fsp3) is 0.242. The van der Waals surface area contributed by atoms with Crippen molar-refractivity contribution in [3.63, 3.8) is 0 Å². The summed E-state index contributed by atoms with van der Waals surface area (Å²) in [7, 11) is 0. The topological polar surface area (TPSA) is 98.8 Å². The van der Waals surface area contributed by atoms with Crippen molar-refractivity contribution in [2.45, 2.75) is 39.9 Å². The molecular formula is C33H35N3O5. The lowest BCUT2D eigenvalue weighted by molar-refractivity contribution is -0.116. The van der Waals surface area contributed by atoms with Crippen molar-refractivity contribution in [2.24, 2.45) is 0 Å². The molecule has 3 aromatic carbocycles. The molecule has 0 bridgehead atoms. The molecule has 41 heavy (non-hydrogen) atoms. The molecule has 4 rings (SSSR count). The van der Waals surface area contributed by atoms with Crippen LogP contribution in [0.3, 0.4) is 0 Å². The number of anilines is 1. The number of aromatic nitrogens is 1. The second kappa shape index (κ2) is 13.5. The number of rotatable bonds is 10. The van der Waals surface area contributed by atoms with Crippen molar-refractivity contribution in [3.05, 3.63) is 102 Å². The standard InChI is InChI=1S/C33H35N3O5/c1-23-11-15-26-8-6-10-29(31(26)35-23)40-22-25-7-5-9-28(21-25)39-20-19-34-30(37)18-14-24-12-16-27(17-13-24)36-32(38)41-33(2,3)4/h5-18,21H,19-20,22H2,1-4H3,(H,34,37)(H,36,38)/b18-14+. The second-order valence-electron chi connectivity index (χ2n) is 10.4. The quantitative estimate of drug-likeness (QED) is 0.168. The van der Waals surface area contributed by atoms with Crippen LogP contribution in [0.15, 0.2) is 84.9 Å². The molecule has 0 unspecified atom stereocenters. The number of nitrogens with zero attached hydrogens (tertiary/aromatic N) is 1. The Morgan fingerprint density at radius 2 is 1.71 bits per heavy atom. The average Bonchev–Trinajstić information content (AvgIpc) is 2.93. The molecule has 0 aliphatic heterocycles. The van der Waals surface area contributed by atoms with Gasteiger partial charge in [-0.05, 0) is 81.3 Å². The number of hydrogen-bond acceptors (Lipinski definition) is 6. The third-order valence-electron chi connectivity index (χ3n) is 5.77. The molecular weight excluding hydrogens is 518 g/mol. The SMILES string of the molecule is Cc1ccc2cccc(OCc3cccc(OCCNC(=O)/C=C/c4ccc(NC(=O)OC(C)(C)C)cc4)c3)c2n1. The highest BCUT2D eigenvalue weighted by molar-refractivity contribution is 5.92. The maximum atomic E-state index is 12.2. The normalized spacial score (nSPS) is 11.3. The van der Waals surface area contributed by atoms with Gasteiger partial charge in [-0.3, -0.25) is 10.1 Å². The van der Waals surface area contributed by atoms with Gasteiger partial charge in [-0.15, -0.1) is 0 Å². The van der Waals surface area contributed by atoms with Gasteiger partial charge in [0.1, 0.15) is 35.8 Å². The summed E-state index contributed by atoms with van der Waals surface area (Å²) in [6.45, 7) is 8.43. The molecule has 0 aliphatic carbocycles. The van der Waals surface area contributed by atoms with Gasteiger partial charge in [-0.2, -0.15) is 0 Å². The van der Waals surface area contributed by atoms with E-state index in [0.29, 0.717) is 31.2 Å². The second-order valence-corrected chi connectivity index (χ2v) is 10.4. The van der Waals surface area contributed by atoms with Crippen molar-refractivity contribution >= 4 is 34.7 Å². The van der Waals surface area contributed by atoms with Crippen LogP contribution in [-0.4, -0.2) is 35.7 Å². The van der Waals surface area contributed by atoms with Gasteiger partial charge < -0.3 is 19.5 Å². The van der Waals surface area contributed by atoms with E-state index in [4.69, 9.17) is 14.2 Å². The first-order chi connectivity index (χ1) is 19.6. The van der Waals surface area contributed by atoms with Gasteiger partial charge >= 0.3 is 6.09 Å². The number of fused-ring (bicyclic) bond motifs is 1. The lowest BCUT2D eigenvalue weighted by atomic mass is 10.2. The van der Waals surface area contributed by atoms with Gasteiger partial charge in [0.2, 0.25) is 5.91 Å².